The molecule has 3 N–H and O–H groups in total. The fourth-order valence-corrected chi connectivity index (χ4v) is 5.28. The van der Waals surface area contributed by atoms with Crippen LogP contribution in [0.25, 0.3) is 0 Å². The van der Waals surface area contributed by atoms with E-state index in [0.717, 1.165) is 24.8 Å². The second-order valence-corrected chi connectivity index (χ2v) is 10.7. The third-order valence-corrected chi connectivity index (χ3v) is 7.21. The smallest absolute Gasteiger partial charge is 0.245 e. The summed E-state index contributed by atoms with van der Waals surface area (Å²) >= 11 is 0. The molecule has 1 heterocycles. The van der Waals surface area contributed by atoms with Crippen LogP contribution in [0.2, 0.25) is 0 Å². The summed E-state index contributed by atoms with van der Waals surface area (Å²) in [5.74, 6) is -1.84. The van der Waals surface area contributed by atoms with Crippen LogP contribution in [0.1, 0.15) is 80.8 Å². The molecule has 1 aliphatic heterocycles. The zero-order valence-electron chi connectivity index (χ0n) is 22.8. The molecule has 1 unspecified atom stereocenters. The number of likely N-dealkylation sites (tertiary alicyclic amines) is 1. The van der Waals surface area contributed by atoms with Gasteiger partial charge in [-0.2, -0.15) is 0 Å². The van der Waals surface area contributed by atoms with Crippen molar-refractivity contribution in [2.45, 2.75) is 71.9 Å². The SMILES string of the molecule is CCC[C@H](C(N)=O)C(CC(C)C)C(=O)N[C@H]1CCCCN(Cc2cccc(C(=O)c3ccccc3)c2)C1=O. The summed E-state index contributed by atoms with van der Waals surface area (Å²) in [5, 5.41) is 2.98. The van der Waals surface area contributed by atoms with E-state index in [1.807, 2.05) is 57.2 Å². The first kappa shape index (κ1) is 29.1. The molecule has 0 bridgehead atoms. The highest BCUT2D eigenvalue weighted by Crippen LogP contribution is 2.26. The molecule has 0 saturated carbocycles. The predicted molar refractivity (Wildman–Crippen MR) is 148 cm³/mol. The number of hydrogen-bond donors (Lipinski definition) is 2. The number of nitrogens with one attached hydrogen (secondary N) is 1. The van der Waals surface area contributed by atoms with Crippen molar-refractivity contribution in [3.63, 3.8) is 0 Å². The topological polar surface area (TPSA) is 110 Å². The van der Waals surface area contributed by atoms with Crippen molar-refractivity contribution >= 4 is 23.5 Å². The molecule has 0 spiro atoms. The Balaban J connectivity index is 1.74. The fourth-order valence-electron chi connectivity index (χ4n) is 5.28. The zero-order valence-corrected chi connectivity index (χ0v) is 22.8. The number of amides is 3. The van der Waals surface area contributed by atoms with Crippen molar-refractivity contribution in [2.24, 2.45) is 23.5 Å². The molecule has 3 atom stereocenters. The van der Waals surface area contributed by atoms with Crippen molar-refractivity contribution in [3.8, 4) is 0 Å². The number of carbonyl (C=O) groups excluding carboxylic acids is 4. The van der Waals surface area contributed by atoms with Gasteiger partial charge in [-0.3, -0.25) is 19.2 Å². The quantitative estimate of drug-likeness (QED) is 0.403. The lowest BCUT2D eigenvalue weighted by atomic mass is 9.81. The molecule has 7 heteroatoms. The Morgan fingerprint density at radius 2 is 1.71 bits per heavy atom. The Bertz CT molecular complexity index is 1120. The van der Waals surface area contributed by atoms with Gasteiger partial charge in [-0.1, -0.05) is 75.7 Å². The number of rotatable bonds is 12. The average molecular weight is 520 g/mol. The van der Waals surface area contributed by atoms with Gasteiger partial charge in [0.05, 0.1) is 0 Å². The van der Waals surface area contributed by atoms with Gasteiger partial charge in [0, 0.05) is 36.1 Å². The summed E-state index contributed by atoms with van der Waals surface area (Å²) in [6, 6.07) is 15.8. The summed E-state index contributed by atoms with van der Waals surface area (Å²) in [6.07, 6.45) is 4.02. The molecule has 3 amide bonds. The molecule has 1 aliphatic rings. The summed E-state index contributed by atoms with van der Waals surface area (Å²) in [6.45, 7) is 6.93. The number of primary amides is 1. The van der Waals surface area contributed by atoms with E-state index in [1.54, 1.807) is 23.1 Å². The number of ketones is 1. The number of nitrogens with two attached hydrogens (primary N) is 1. The molecule has 38 heavy (non-hydrogen) atoms. The molecule has 2 aromatic rings. The minimum atomic E-state index is -0.649. The lowest BCUT2D eigenvalue weighted by molar-refractivity contribution is -0.139. The van der Waals surface area contributed by atoms with Gasteiger partial charge in [-0.15, -0.1) is 0 Å². The Kier molecular flexibility index (Phi) is 10.6. The zero-order chi connectivity index (χ0) is 27.7. The van der Waals surface area contributed by atoms with Crippen molar-refractivity contribution in [3.05, 3.63) is 71.3 Å². The van der Waals surface area contributed by atoms with Crippen molar-refractivity contribution in [1.29, 1.82) is 0 Å². The van der Waals surface area contributed by atoms with Crippen LogP contribution in [0, 0.1) is 17.8 Å². The molecule has 1 fully saturated rings. The third kappa shape index (κ3) is 7.76. The predicted octanol–water partition coefficient (Wildman–Crippen LogP) is 4.48. The van der Waals surface area contributed by atoms with E-state index in [-0.39, 0.29) is 23.5 Å². The Morgan fingerprint density at radius 3 is 2.37 bits per heavy atom. The van der Waals surface area contributed by atoms with Crippen LogP contribution in [0.3, 0.4) is 0 Å². The van der Waals surface area contributed by atoms with Crippen LogP contribution in [0.4, 0.5) is 0 Å². The van der Waals surface area contributed by atoms with E-state index >= 15 is 0 Å². The molecule has 0 aliphatic carbocycles. The van der Waals surface area contributed by atoms with E-state index in [0.29, 0.717) is 43.5 Å². The third-order valence-electron chi connectivity index (χ3n) is 7.21. The molecule has 204 valence electrons. The number of nitrogens with zero attached hydrogens (tertiary/aromatic N) is 1. The molecule has 7 nitrogen and oxygen atoms in total. The molecule has 3 rings (SSSR count). The first-order chi connectivity index (χ1) is 18.2. The van der Waals surface area contributed by atoms with Crippen LogP contribution in [0.15, 0.2) is 54.6 Å². The van der Waals surface area contributed by atoms with Crippen molar-refractivity contribution in [2.75, 3.05) is 6.54 Å². The van der Waals surface area contributed by atoms with Gasteiger partial charge in [0.1, 0.15) is 6.04 Å². The molecule has 2 aromatic carbocycles. The van der Waals surface area contributed by atoms with Gasteiger partial charge >= 0.3 is 0 Å². The van der Waals surface area contributed by atoms with Gasteiger partial charge in [0.25, 0.3) is 0 Å². The second kappa shape index (κ2) is 13.9. The molecule has 0 aromatic heterocycles. The fraction of sp³-hybridized carbons (Fsp3) is 0.484. The molecular weight excluding hydrogens is 478 g/mol. The van der Waals surface area contributed by atoms with Crippen LogP contribution >= 0.6 is 0 Å². The minimum Gasteiger partial charge on any atom is -0.369 e. The monoisotopic (exact) mass is 519 g/mol. The highest BCUT2D eigenvalue weighted by Gasteiger charge is 2.35. The van der Waals surface area contributed by atoms with E-state index in [4.69, 9.17) is 5.73 Å². The Labute approximate surface area is 226 Å². The van der Waals surface area contributed by atoms with E-state index < -0.39 is 23.8 Å². The average Bonchev–Trinajstić information content (AvgIpc) is 3.07. The highest BCUT2D eigenvalue weighted by molar-refractivity contribution is 6.09. The minimum absolute atomic E-state index is 0.0629. The van der Waals surface area contributed by atoms with Crippen molar-refractivity contribution < 1.29 is 19.2 Å². The second-order valence-electron chi connectivity index (χ2n) is 10.7. The molecular formula is C31H41N3O4. The van der Waals surface area contributed by atoms with Gasteiger partial charge in [-0.25, -0.2) is 0 Å². The first-order valence-corrected chi connectivity index (χ1v) is 13.8. The van der Waals surface area contributed by atoms with E-state index in [2.05, 4.69) is 5.32 Å². The van der Waals surface area contributed by atoms with Gasteiger partial charge in [0.15, 0.2) is 5.78 Å². The number of carbonyl (C=O) groups is 4. The van der Waals surface area contributed by atoms with Crippen LogP contribution in [-0.2, 0) is 20.9 Å². The maximum Gasteiger partial charge on any atom is 0.245 e. The summed E-state index contributed by atoms with van der Waals surface area (Å²) in [7, 11) is 0. The maximum atomic E-state index is 13.6. The Hall–Kier alpha value is -3.48. The largest absolute Gasteiger partial charge is 0.369 e. The van der Waals surface area contributed by atoms with Gasteiger partial charge < -0.3 is 16.0 Å². The lowest BCUT2D eigenvalue weighted by Crippen LogP contribution is -2.50. The summed E-state index contributed by atoms with van der Waals surface area (Å²) < 4.78 is 0. The summed E-state index contributed by atoms with van der Waals surface area (Å²) in [4.78, 5) is 53.8. The van der Waals surface area contributed by atoms with E-state index in [1.165, 1.54) is 0 Å². The number of benzene rings is 2. The van der Waals surface area contributed by atoms with Crippen LogP contribution in [0.5, 0.6) is 0 Å². The first-order valence-electron chi connectivity index (χ1n) is 13.8. The van der Waals surface area contributed by atoms with Gasteiger partial charge in [0.2, 0.25) is 17.7 Å². The van der Waals surface area contributed by atoms with Crippen molar-refractivity contribution in [1.82, 2.24) is 10.2 Å². The van der Waals surface area contributed by atoms with Gasteiger partial charge in [-0.05, 0) is 49.7 Å². The Morgan fingerprint density at radius 1 is 1.00 bits per heavy atom. The highest BCUT2D eigenvalue weighted by atomic mass is 16.2. The maximum absolute atomic E-state index is 13.6. The summed E-state index contributed by atoms with van der Waals surface area (Å²) in [5.41, 5.74) is 7.74. The molecule has 0 radical (unpaired) electrons. The standard InChI is InChI=1S/C31H41N3O4/c1-4-11-25(29(32)36)26(18-21(2)3)30(37)33-27-16-8-9-17-34(31(27)38)20-22-12-10-15-24(19-22)28(35)23-13-6-5-7-14-23/h5-7,10,12-15,19,21,25-27H,4,8-9,11,16-18,20H2,1-3H3,(H2,32,36)(H,33,37)/t25-,26?,27-/m0/s1. The number of hydrogen-bond acceptors (Lipinski definition) is 4. The van der Waals surface area contributed by atoms with Crippen LogP contribution in [-0.4, -0.2) is 41.0 Å². The normalized spacial score (nSPS) is 17.5. The van der Waals surface area contributed by atoms with Crippen LogP contribution < -0.4 is 11.1 Å². The van der Waals surface area contributed by atoms with E-state index in [9.17, 15) is 19.2 Å². The molecule has 1 saturated heterocycles. The lowest BCUT2D eigenvalue weighted by Gasteiger charge is -2.29.